The maximum atomic E-state index is 12.0. The summed E-state index contributed by atoms with van der Waals surface area (Å²) in [4.78, 5) is 14.2. The number of rotatable bonds is 6. The second-order valence-corrected chi connectivity index (χ2v) is 6.06. The van der Waals surface area contributed by atoms with E-state index >= 15 is 0 Å². The Kier molecular flexibility index (Phi) is 9.49. The zero-order chi connectivity index (χ0) is 14.5. The van der Waals surface area contributed by atoms with Crippen molar-refractivity contribution in [2.45, 2.75) is 13.8 Å². The SMILES string of the molecule is CC(C)CN(C)c1ccc(C(=O)NCC2CNC2)cc1.Cl.Cl. The van der Waals surface area contributed by atoms with Gasteiger partial charge in [0.15, 0.2) is 0 Å². The zero-order valence-corrected chi connectivity index (χ0v) is 15.1. The highest BCUT2D eigenvalue weighted by Gasteiger charge is 2.17. The van der Waals surface area contributed by atoms with Gasteiger partial charge in [-0.25, -0.2) is 0 Å². The van der Waals surface area contributed by atoms with Crippen molar-refractivity contribution in [1.29, 1.82) is 0 Å². The van der Waals surface area contributed by atoms with Crippen LogP contribution in [0.1, 0.15) is 24.2 Å². The first kappa shape index (κ1) is 21.0. The third-order valence-electron chi connectivity index (χ3n) is 3.63. The van der Waals surface area contributed by atoms with Crippen molar-refractivity contribution < 1.29 is 4.79 Å². The Balaban J connectivity index is 0.00000220. The smallest absolute Gasteiger partial charge is 0.251 e. The molecule has 0 atom stereocenters. The second-order valence-electron chi connectivity index (χ2n) is 6.06. The third kappa shape index (κ3) is 6.03. The molecule has 1 aromatic carbocycles. The summed E-state index contributed by atoms with van der Waals surface area (Å²) in [6, 6.07) is 7.84. The van der Waals surface area contributed by atoms with E-state index in [1.165, 1.54) is 0 Å². The Bertz CT molecular complexity index is 447. The van der Waals surface area contributed by atoms with E-state index in [0.29, 0.717) is 11.8 Å². The molecule has 126 valence electrons. The van der Waals surface area contributed by atoms with Crippen molar-refractivity contribution >= 4 is 36.4 Å². The van der Waals surface area contributed by atoms with Gasteiger partial charge in [0.05, 0.1) is 0 Å². The number of halogens is 2. The summed E-state index contributed by atoms with van der Waals surface area (Å²) in [7, 11) is 2.08. The fourth-order valence-corrected chi connectivity index (χ4v) is 2.35. The highest BCUT2D eigenvalue weighted by molar-refractivity contribution is 5.94. The zero-order valence-electron chi connectivity index (χ0n) is 13.5. The molecule has 0 aromatic heterocycles. The van der Waals surface area contributed by atoms with Gasteiger partial charge < -0.3 is 15.5 Å². The number of hydrogen-bond acceptors (Lipinski definition) is 3. The number of anilines is 1. The average Bonchev–Trinajstić information content (AvgIpc) is 2.36. The van der Waals surface area contributed by atoms with Crippen LogP contribution in [-0.2, 0) is 0 Å². The fourth-order valence-electron chi connectivity index (χ4n) is 2.35. The minimum Gasteiger partial charge on any atom is -0.374 e. The highest BCUT2D eigenvalue weighted by Crippen LogP contribution is 2.15. The van der Waals surface area contributed by atoms with Gasteiger partial charge in [-0.15, -0.1) is 24.8 Å². The van der Waals surface area contributed by atoms with Gasteiger partial charge in [-0.3, -0.25) is 4.79 Å². The molecule has 6 heteroatoms. The lowest BCUT2D eigenvalue weighted by atomic mass is 10.0. The maximum absolute atomic E-state index is 12.0. The summed E-state index contributed by atoms with van der Waals surface area (Å²) < 4.78 is 0. The normalized spacial score (nSPS) is 13.6. The summed E-state index contributed by atoms with van der Waals surface area (Å²) in [6.07, 6.45) is 0. The summed E-state index contributed by atoms with van der Waals surface area (Å²) in [5, 5.41) is 6.19. The molecular formula is C16H27Cl2N3O. The van der Waals surface area contributed by atoms with Crippen LogP contribution in [0.3, 0.4) is 0 Å². The Morgan fingerprint density at radius 3 is 2.32 bits per heavy atom. The van der Waals surface area contributed by atoms with Gasteiger partial charge in [-0.1, -0.05) is 13.8 Å². The van der Waals surface area contributed by atoms with Gasteiger partial charge in [0.25, 0.3) is 5.91 Å². The molecule has 1 aromatic rings. The number of carbonyl (C=O) groups is 1. The molecule has 1 fully saturated rings. The van der Waals surface area contributed by atoms with Gasteiger partial charge >= 0.3 is 0 Å². The Hall–Kier alpha value is -0.970. The standard InChI is InChI=1S/C16H25N3O.2ClH/c1-12(2)11-19(3)15-6-4-14(5-7-15)16(20)18-10-13-8-17-9-13;;/h4-7,12-13,17H,8-11H2,1-3H3,(H,18,20);2*1H. The molecular weight excluding hydrogens is 321 g/mol. The molecule has 1 aliphatic rings. The number of nitrogens with one attached hydrogen (secondary N) is 2. The van der Waals surface area contributed by atoms with E-state index in [2.05, 4.69) is 36.4 Å². The van der Waals surface area contributed by atoms with Crippen LogP contribution in [0.4, 0.5) is 5.69 Å². The Labute approximate surface area is 145 Å². The minimum absolute atomic E-state index is 0. The topological polar surface area (TPSA) is 44.4 Å². The molecule has 0 bridgehead atoms. The molecule has 2 rings (SSSR count). The molecule has 1 aliphatic heterocycles. The molecule has 22 heavy (non-hydrogen) atoms. The van der Waals surface area contributed by atoms with Crippen molar-refractivity contribution in [3.05, 3.63) is 29.8 Å². The van der Waals surface area contributed by atoms with E-state index in [1.807, 2.05) is 24.3 Å². The molecule has 0 radical (unpaired) electrons. The predicted molar refractivity (Wildman–Crippen MR) is 97.7 cm³/mol. The van der Waals surface area contributed by atoms with E-state index in [9.17, 15) is 4.79 Å². The fraction of sp³-hybridized carbons (Fsp3) is 0.562. The van der Waals surface area contributed by atoms with E-state index in [-0.39, 0.29) is 30.7 Å². The molecule has 0 saturated carbocycles. The first-order valence-corrected chi connectivity index (χ1v) is 7.36. The minimum atomic E-state index is 0. The average molecular weight is 348 g/mol. The first-order valence-electron chi connectivity index (χ1n) is 7.36. The van der Waals surface area contributed by atoms with Crippen molar-refractivity contribution in [3.63, 3.8) is 0 Å². The lowest BCUT2D eigenvalue weighted by molar-refractivity contribution is 0.0942. The molecule has 1 saturated heterocycles. The van der Waals surface area contributed by atoms with Crippen LogP contribution >= 0.6 is 24.8 Å². The largest absolute Gasteiger partial charge is 0.374 e. The summed E-state index contributed by atoms with van der Waals surface area (Å²) >= 11 is 0. The van der Waals surface area contributed by atoms with Crippen LogP contribution in [0, 0.1) is 11.8 Å². The van der Waals surface area contributed by atoms with E-state index in [4.69, 9.17) is 0 Å². The lowest BCUT2D eigenvalue weighted by Crippen LogP contribution is -2.48. The van der Waals surface area contributed by atoms with Gasteiger partial charge in [0.2, 0.25) is 0 Å². The summed E-state index contributed by atoms with van der Waals surface area (Å²) in [6.45, 7) is 8.21. The van der Waals surface area contributed by atoms with Crippen molar-refractivity contribution in [3.8, 4) is 0 Å². The van der Waals surface area contributed by atoms with Crippen LogP contribution in [-0.4, -0.2) is 39.1 Å². The summed E-state index contributed by atoms with van der Waals surface area (Å²) in [5.74, 6) is 1.24. The van der Waals surface area contributed by atoms with Crippen LogP contribution in [0.15, 0.2) is 24.3 Å². The van der Waals surface area contributed by atoms with Crippen LogP contribution in [0.5, 0.6) is 0 Å². The molecule has 0 aliphatic carbocycles. The molecule has 0 spiro atoms. The van der Waals surface area contributed by atoms with Crippen molar-refractivity contribution in [1.82, 2.24) is 10.6 Å². The number of benzene rings is 1. The number of amides is 1. The van der Waals surface area contributed by atoms with Gasteiger partial charge in [0, 0.05) is 50.4 Å². The van der Waals surface area contributed by atoms with Gasteiger partial charge in [-0.05, 0) is 30.2 Å². The quantitative estimate of drug-likeness (QED) is 0.831. The Morgan fingerprint density at radius 2 is 1.86 bits per heavy atom. The third-order valence-corrected chi connectivity index (χ3v) is 3.63. The predicted octanol–water partition coefficient (Wildman–Crippen LogP) is 2.57. The number of carbonyl (C=O) groups excluding carboxylic acids is 1. The molecule has 2 N–H and O–H groups in total. The van der Waals surface area contributed by atoms with E-state index in [0.717, 1.165) is 37.4 Å². The summed E-state index contributed by atoms with van der Waals surface area (Å²) in [5.41, 5.74) is 1.89. The molecule has 1 amide bonds. The van der Waals surface area contributed by atoms with Crippen LogP contribution in [0.2, 0.25) is 0 Å². The highest BCUT2D eigenvalue weighted by atomic mass is 35.5. The first-order chi connectivity index (χ1) is 9.56. The monoisotopic (exact) mass is 347 g/mol. The second kappa shape index (κ2) is 9.93. The van der Waals surface area contributed by atoms with Crippen molar-refractivity contribution in [2.75, 3.05) is 38.1 Å². The molecule has 0 unspecified atom stereocenters. The molecule has 4 nitrogen and oxygen atoms in total. The maximum Gasteiger partial charge on any atom is 0.251 e. The van der Waals surface area contributed by atoms with E-state index in [1.54, 1.807) is 0 Å². The Morgan fingerprint density at radius 1 is 1.27 bits per heavy atom. The van der Waals surface area contributed by atoms with E-state index < -0.39 is 0 Å². The number of nitrogens with zero attached hydrogens (tertiary/aromatic N) is 1. The lowest BCUT2D eigenvalue weighted by Gasteiger charge is -2.27. The van der Waals surface area contributed by atoms with Crippen LogP contribution in [0.25, 0.3) is 0 Å². The number of hydrogen-bond donors (Lipinski definition) is 2. The van der Waals surface area contributed by atoms with Gasteiger partial charge in [0.1, 0.15) is 0 Å². The van der Waals surface area contributed by atoms with Gasteiger partial charge in [-0.2, -0.15) is 0 Å². The molecule has 1 heterocycles. The van der Waals surface area contributed by atoms with Crippen molar-refractivity contribution in [2.24, 2.45) is 11.8 Å². The van der Waals surface area contributed by atoms with Crippen LogP contribution < -0.4 is 15.5 Å².